The first-order valence-corrected chi connectivity index (χ1v) is 8.98. The highest BCUT2D eigenvalue weighted by molar-refractivity contribution is 7.89. The predicted molar refractivity (Wildman–Crippen MR) is 77.5 cm³/mol. The van der Waals surface area contributed by atoms with Crippen molar-refractivity contribution in [3.8, 4) is 0 Å². The Bertz CT molecular complexity index is 560. The van der Waals surface area contributed by atoms with Crippen molar-refractivity contribution in [2.75, 3.05) is 26.3 Å². The number of hydrogen-bond acceptors (Lipinski definition) is 5. The Morgan fingerprint density at radius 1 is 1.33 bits per heavy atom. The SMILES string of the molecule is O=S(=O)(NC1CCCNC1)c1cnn(C2CCOCC2)c1. The van der Waals surface area contributed by atoms with Gasteiger partial charge in [-0.1, -0.05) is 0 Å². The standard InChI is InChI=1S/C13H22N4O3S/c18-21(19,16-11-2-1-5-14-8-11)13-9-15-17(10-13)12-3-6-20-7-4-12/h9-12,14,16H,1-8H2. The normalized spacial score (nSPS) is 25.0. The van der Waals surface area contributed by atoms with Gasteiger partial charge in [0.05, 0.1) is 12.2 Å². The molecule has 0 amide bonds. The van der Waals surface area contributed by atoms with Crippen LogP contribution in [-0.2, 0) is 14.8 Å². The molecule has 2 aliphatic rings. The maximum Gasteiger partial charge on any atom is 0.243 e. The zero-order valence-corrected chi connectivity index (χ0v) is 12.8. The lowest BCUT2D eigenvalue weighted by Gasteiger charge is -2.23. The van der Waals surface area contributed by atoms with Crippen molar-refractivity contribution in [3.63, 3.8) is 0 Å². The van der Waals surface area contributed by atoms with Gasteiger partial charge in [-0.2, -0.15) is 5.10 Å². The van der Waals surface area contributed by atoms with Gasteiger partial charge in [-0.25, -0.2) is 13.1 Å². The van der Waals surface area contributed by atoms with Crippen molar-refractivity contribution in [2.45, 2.75) is 42.7 Å². The summed E-state index contributed by atoms with van der Waals surface area (Å²) in [5, 5.41) is 7.43. The number of sulfonamides is 1. The molecular weight excluding hydrogens is 292 g/mol. The summed E-state index contributed by atoms with van der Waals surface area (Å²) < 4.78 is 34.6. The third kappa shape index (κ3) is 3.63. The third-order valence-electron chi connectivity index (χ3n) is 4.07. The Morgan fingerprint density at radius 2 is 2.14 bits per heavy atom. The van der Waals surface area contributed by atoms with Gasteiger partial charge < -0.3 is 10.1 Å². The second-order valence-electron chi connectivity index (χ2n) is 5.66. The summed E-state index contributed by atoms with van der Waals surface area (Å²) in [5.41, 5.74) is 0. The molecule has 0 radical (unpaired) electrons. The summed E-state index contributed by atoms with van der Waals surface area (Å²) >= 11 is 0. The lowest BCUT2D eigenvalue weighted by Crippen LogP contribution is -2.45. The minimum Gasteiger partial charge on any atom is -0.381 e. The highest BCUT2D eigenvalue weighted by atomic mass is 32.2. The molecule has 8 heteroatoms. The summed E-state index contributed by atoms with van der Waals surface area (Å²) in [7, 11) is -3.48. The Kier molecular flexibility index (Phi) is 4.58. The number of nitrogens with one attached hydrogen (secondary N) is 2. The van der Waals surface area contributed by atoms with Crippen LogP contribution < -0.4 is 10.0 Å². The molecule has 1 unspecified atom stereocenters. The maximum absolute atomic E-state index is 12.4. The van der Waals surface area contributed by atoms with E-state index in [0.29, 0.717) is 19.8 Å². The minimum absolute atomic E-state index is 0.0322. The zero-order chi connectivity index (χ0) is 14.7. The molecule has 0 spiro atoms. The van der Waals surface area contributed by atoms with Crippen molar-refractivity contribution >= 4 is 10.0 Å². The molecule has 21 heavy (non-hydrogen) atoms. The van der Waals surface area contributed by atoms with E-state index in [1.807, 2.05) is 0 Å². The second-order valence-corrected chi connectivity index (χ2v) is 7.38. The van der Waals surface area contributed by atoms with Crippen LogP contribution in [0, 0.1) is 0 Å². The monoisotopic (exact) mass is 314 g/mol. The zero-order valence-electron chi connectivity index (χ0n) is 12.0. The summed E-state index contributed by atoms with van der Waals surface area (Å²) in [6, 6.07) is 0.203. The number of piperidine rings is 1. The van der Waals surface area contributed by atoms with Gasteiger partial charge in [0.1, 0.15) is 4.90 Å². The number of aromatic nitrogens is 2. The third-order valence-corrected chi connectivity index (χ3v) is 5.55. The first-order chi connectivity index (χ1) is 10.1. The first-order valence-electron chi connectivity index (χ1n) is 7.50. The molecule has 0 aromatic carbocycles. The molecule has 1 atom stereocenters. The summed E-state index contributed by atoms with van der Waals surface area (Å²) in [5.74, 6) is 0. The van der Waals surface area contributed by atoms with E-state index in [0.717, 1.165) is 32.2 Å². The van der Waals surface area contributed by atoms with E-state index in [9.17, 15) is 8.42 Å². The highest BCUT2D eigenvalue weighted by Gasteiger charge is 2.24. The van der Waals surface area contributed by atoms with Crippen molar-refractivity contribution < 1.29 is 13.2 Å². The van der Waals surface area contributed by atoms with Gasteiger partial charge in [-0.15, -0.1) is 0 Å². The Morgan fingerprint density at radius 3 is 2.86 bits per heavy atom. The quantitative estimate of drug-likeness (QED) is 0.833. The molecule has 0 bridgehead atoms. The van der Waals surface area contributed by atoms with E-state index in [1.54, 1.807) is 10.9 Å². The van der Waals surface area contributed by atoms with E-state index >= 15 is 0 Å². The van der Waals surface area contributed by atoms with Crippen LogP contribution >= 0.6 is 0 Å². The Hall–Kier alpha value is -0.960. The van der Waals surface area contributed by atoms with E-state index in [2.05, 4.69) is 15.1 Å². The fraction of sp³-hybridized carbons (Fsp3) is 0.769. The summed E-state index contributed by atoms with van der Waals surface area (Å²) in [6.07, 6.45) is 6.69. The van der Waals surface area contributed by atoms with Crippen LogP contribution in [0.25, 0.3) is 0 Å². The van der Waals surface area contributed by atoms with Gasteiger partial charge in [-0.3, -0.25) is 4.68 Å². The van der Waals surface area contributed by atoms with E-state index < -0.39 is 10.0 Å². The van der Waals surface area contributed by atoms with Crippen molar-refractivity contribution in [2.24, 2.45) is 0 Å². The topological polar surface area (TPSA) is 85.3 Å². The van der Waals surface area contributed by atoms with Gasteiger partial charge >= 0.3 is 0 Å². The molecule has 0 saturated carbocycles. The van der Waals surface area contributed by atoms with Crippen LogP contribution in [0.1, 0.15) is 31.7 Å². The van der Waals surface area contributed by atoms with Crippen molar-refractivity contribution in [1.82, 2.24) is 19.8 Å². The second kappa shape index (κ2) is 6.43. The number of nitrogens with zero attached hydrogens (tertiary/aromatic N) is 2. The average molecular weight is 314 g/mol. The number of rotatable bonds is 4. The van der Waals surface area contributed by atoms with Gasteiger partial charge in [0, 0.05) is 32.0 Å². The lowest BCUT2D eigenvalue weighted by atomic mass is 10.1. The van der Waals surface area contributed by atoms with Gasteiger partial charge in [0.15, 0.2) is 0 Å². The van der Waals surface area contributed by atoms with Gasteiger partial charge in [0.25, 0.3) is 0 Å². The molecule has 1 aromatic heterocycles. The molecule has 2 saturated heterocycles. The molecular formula is C13H22N4O3S. The molecule has 1 aromatic rings. The van der Waals surface area contributed by atoms with Crippen LogP contribution in [0.3, 0.4) is 0 Å². The molecule has 2 N–H and O–H groups in total. The molecule has 7 nitrogen and oxygen atoms in total. The van der Waals surface area contributed by atoms with E-state index in [4.69, 9.17) is 4.74 Å². The highest BCUT2D eigenvalue weighted by Crippen LogP contribution is 2.21. The van der Waals surface area contributed by atoms with E-state index in [1.165, 1.54) is 6.20 Å². The molecule has 3 rings (SSSR count). The average Bonchev–Trinajstić information content (AvgIpc) is 2.99. The predicted octanol–water partition coefficient (Wildman–Crippen LogP) is 0.265. The van der Waals surface area contributed by atoms with Gasteiger partial charge in [0.2, 0.25) is 10.0 Å². The summed E-state index contributed by atoms with van der Waals surface area (Å²) in [4.78, 5) is 0.250. The molecule has 118 valence electrons. The van der Waals surface area contributed by atoms with Crippen LogP contribution in [0.15, 0.2) is 17.3 Å². The van der Waals surface area contributed by atoms with Crippen LogP contribution in [0.2, 0.25) is 0 Å². The lowest BCUT2D eigenvalue weighted by molar-refractivity contribution is 0.0662. The smallest absolute Gasteiger partial charge is 0.243 e. The molecule has 2 aliphatic heterocycles. The Balaban J connectivity index is 1.68. The fourth-order valence-electron chi connectivity index (χ4n) is 2.85. The first kappa shape index (κ1) is 15.0. The van der Waals surface area contributed by atoms with Crippen molar-refractivity contribution in [3.05, 3.63) is 12.4 Å². The molecule has 0 aliphatic carbocycles. The van der Waals surface area contributed by atoms with Crippen molar-refractivity contribution in [1.29, 1.82) is 0 Å². The van der Waals surface area contributed by atoms with Crippen LogP contribution in [-0.4, -0.2) is 50.5 Å². The summed E-state index contributed by atoms with van der Waals surface area (Å²) in [6.45, 7) is 3.06. The molecule has 2 fully saturated rings. The number of hydrogen-bond donors (Lipinski definition) is 2. The van der Waals surface area contributed by atoms with Crippen LogP contribution in [0.4, 0.5) is 0 Å². The number of ether oxygens (including phenoxy) is 1. The fourth-order valence-corrected chi connectivity index (χ4v) is 4.06. The van der Waals surface area contributed by atoms with Gasteiger partial charge in [-0.05, 0) is 32.2 Å². The minimum atomic E-state index is -3.48. The maximum atomic E-state index is 12.4. The largest absolute Gasteiger partial charge is 0.381 e. The molecule has 3 heterocycles. The van der Waals surface area contributed by atoms with E-state index in [-0.39, 0.29) is 17.0 Å². The Labute approximate surface area is 125 Å². The van der Waals surface area contributed by atoms with Crippen LogP contribution in [0.5, 0.6) is 0 Å².